The van der Waals surface area contributed by atoms with Gasteiger partial charge in [0.1, 0.15) is 0 Å². The fourth-order valence-electron chi connectivity index (χ4n) is 4.36. The quantitative estimate of drug-likeness (QED) is 0.810. The normalized spacial score (nSPS) is 18.5. The van der Waals surface area contributed by atoms with Crippen molar-refractivity contribution in [3.8, 4) is 5.82 Å². The predicted octanol–water partition coefficient (Wildman–Crippen LogP) is 2.02. The summed E-state index contributed by atoms with van der Waals surface area (Å²) in [6, 6.07) is 5.88. The Morgan fingerprint density at radius 3 is 2.43 bits per heavy atom. The third-order valence-electron chi connectivity index (χ3n) is 5.88. The van der Waals surface area contributed by atoms with Crippen molar-refractivity contribution in [2.45, 2.75) is 33.1 Å². The van der Waals surface area contributed by atoms with E-state index in [1.807, 2.05) is 27.8 Å². The number of rotatable bonds is 4. The molecule has 4 heterocycles. The van der Waals surface area contributed by atoms with Crippen LogP contribution in [0.15, 0.2) is 24.4 Å². The van der Waals surface area contributed by atoms with Crippen molar-refractivity contribution in [1.29, 1.82) is 0 Å². The molecule has 2 aliphatic heterocycles. The molecule has 0 aromatic carbocycles. The van der Waals surface area contributed by atoms with Crippen molar-refractivity contribution in [3.05, 3.63) is 35.8 Å². The van der Waals surface area contributed by atoms with Crippen LogP contribution in [0, 0.1) is 13.8 Å². The second-order valence-electron chi connectivity index (χ2n) is 7.82. The van der Waals surface area contributed by atoms with Gasteiger partial charge in [-0.25, -0.2) is 9.67 Å². The molecule has 2 aromatic heterocycles. The summed E-state index contributed by atoms with van der Waals surface area (Å²) in [4.78, 5) is 23.7. The topological polar surface area (TPSA) is 57.5 Å². The van der Waals surface area contributed by atoms with Crippen LogP contribution in [0.2, 0.25) is 0 Å². The minimum Gasteiger partial charge on any atom is -0.366 e. The molecule has 4 rings (SSSR count). The SMILES string of the molecule is Cc1nn(-c2ccccn2)c(C)c1N1CCN(CC(=O)N2CCCCC2)CC1. The maximum absolute atomic E-state index is 12.5. The van der Waals surface area contributed by atoms with E-state index in [1.165, 1.54) is 12.1 Å². The second-order valence-corrected chi connectivity index (χ2v) is 7.82. The lowest BCUT2D eigenvalue weighted by atomic mass is 10.1. The lowest BCUT2D eigenvalue weighted by molar-refractivity contribution is -0.133. The van der Waals surface area contributed by atoms with Crippen LogP contribution in [0.5, 0.6) is 0 Å². The Kier molecular flexibility index (Phi) is 5.62. The zero-order chi connectivity index (χ0) is 19.5. The van der Waals surface area contributed by atoms with E-state index in [-0.39, 0.29) is 0 Å². The van der Waals surface area contributed by atoms with E-state index in [1.54, 1.807) is 6.20 Å². The zero-order valence-electron chi connectivity index (χ0n) is 17.0. The van der Waals surface area contributed by atoms with Crippen LogP contribution in [-0.2, 0) is 4.79 Å². The molecule has 0 spiro atoms. The van der Waals surface area contributed by atoms with E-state index in [9.17, 15) is 4.79 Å². The highest BCUT2D eigenvalue weighted by Gasteiger charge is 2.26. The minimum absolute atomic E-state index is 0.295. The molecule has 0 saturated carbocycles. The molecule has 2 fully saturated rings. The van der Waals surface area contributed by atoms with Crippen LogP contribution in [-0.4, -0.2) is 76.3 Å². The molecular formula is C21H30N6O. The van der Waals surface area contributed by atoms with Crippen molar-refractivity contribution in [2.24, 2.45) is 0 Å². The monoisotopic (exact) mass is 382 g/mol. The summed E-state index contributed by atoms with van der Waals surface area (Å²) in [5, 5.41) is 4.72. The van der Waals surface area contributed by atoms with E-state index >= 15 is 0 Å². The molecule has 150 valence electrons. The van der Waals surface area contributed by atoms with Crippen molar-refractivity contribution in [2.75, 3.05) is 50.7 Å². The summed E-state index contributed by atoms with van der Waals surface area (Å²) >= 11 is 0. The molecule has 0 N–H and O–H groups in total. The van der Waals surface area contributed by atoms with E-state index in [2.05, 4.69) is 28.6 Å². The molecule has 0 atom stereocenters. The van der Waals surface area contributed by atoms with E-state index in [0.717, 1.165) is 69.3 Å². The van der Waals surface area contributed by atoms with E-state index < -0.39 is 0 Å². The van der Waals surface area contributed by atoms with Crippen LogP contribution >= 0.6 is 0 Å². The van der Waals surface area contributed by atoms with E-state index in [4.69, 9.17) is 5.10 Å². The number of piperidine rings is 1. The number of pyridine rings is 1. The number of carbonyl (C=O) groups is 1. The summed E-state index contributed by atoms with van der Waals surface area (Å²) in [7, 11) is 0. The highest BCUT2D eigenvalue weighted by atomic mass is 16.2. The molecule has 2 aromatic rings. The van der Waals surface area contributed by atoms with Gasteiger partial charge in [0.2, 0.25) is 5.91 Å². The third kappa shape index (κ3) is 3.90. The molecule has 2 aliphatic rings. The number of carbonyl (C=O) groups excluding carboxylic acids is 1. The minimum atomic E-state index is 0.295. The molecule has 0 unspecified atom stereocenters. The van der Waals surface area contributed by atoms with Crippen molar-refractivity contribution in [3.63, 3.8) is 0 Å². The number of likely N-dealkylation sites (tertiary alicyclic amines) is 1. The summed E-state index contributed by atoms with van der Waals surface area (Å²) < 4.78 is 1.93. The van der Waals surface area contributed by atoms with Crippen LogP contribution < -0.4 is 4.90 Å². The molecule has 2 saturated heterocycles. The van der Waals surface area contributed by atoms with Gasteiger partial charge in [0.25, 0.3) is 0 Å². The first kappa shape index (κ1) is 18.9. The highest BCUT2D eigenvalue weighted by molar-refractivity contribution is 5.78. The van der Waals surface area contributed by atoms with E-state index in [0.29, 0.717) is 12.5 Å². The number of amides is 1. The molecule has 0 bridgehead atoms. The molecule has 0 aliphatic carbocycles. The summed E-state index contributed by atoms with van der Waals surface area (Å²) in [5.41, 5.74) is 3.35. The number of hydrogen-bond donors (Lipinski definition) is 0. The fraction of sp³-hybridized carbons (Fsp3) is 0.571. The first-order valence-corrected chi connectivity index (χ1v) is 10.4. The van der Waals surface area contributed by atoms with Crippen LogP contribution in [0.1, 0.15) is 30.7 Å². The number of aryl methyl sites for hydroxylation is 1. The van der Waals surface area contributed by atoms with Gasteiger partial charge in [-0.05, 0) is 45.2 Å². The maximum Gasteiger partial charge on any atom is 0.236 e. The fourth-order valence-corrected chi connectivity index (χ4v) is 4.36. The first-order valence-electron chi connectivity index (χ1n) is 10.4. The van der Waals surface area contributed by atoms with Crippen molar-refractivity contribution in [1.82, 2.24) is 24.6 Å². The van der Waals surface area contributed by atoms with Gasteiger partial charge in [0, 0.05) is 45.5 Å². The molecule has 7 heteroatoms. The summed E-state index contributed by atoms with van der Waals surface area (Å²) in [6.07, 6.45) is 5.35. The molecule has 0 radical (unpaired) electrons. The highest BCUT2D eigenvalue weighted by Crippen LogP contribution is 2.27. The van der Waals surface area contributed by atoms with Crippen LogP contribution in [0.4, 0.5) is 5.69 Å². The van der Waals surface area contributed by atoms with Crippen LogP contribution in [0.25, 0.3) is 5.82 Å². The van der Waals surface area contributed by atoms with Gasteiger partial charge in [0.05, 0.1) is 23.6 Å². The smallest absolute Gasteiger partial charge is 0.236 e. The number of aromatic nitrogens is 3. The van der Waals surface area contributed by atoms with Crippen LogP contribution in [0.3, 0.4) is 0 Å². The number of nitrogens with zero attached hydrogens (tertiary/aromatic N) is 6. The van der Waals surface area contributed by atoms with Gasteiger partial charge >= 0.3 is 0 Å². The van der Waals surface area contributed by atoms with Crippen molar-refractivity contribution >= 4 is 11.6 Å². The van der Waals surface area contributed by atoms with Gasteiger partial charge in [-0.1, -0.05) is 6.07 Å². The number of anilines is 1. The van der Waals surface area contributed by atoms with Gasteiger partial charge < -0.3 is 9.80 Å². The average Bonchev–Trinajstić information content (AvgIpc) is 3.04. The van der Waals surface area contributed by atoms with Gasteiger partial charge in [-0.15, -0.1) is 0 Å². The number of hydrogen-bond acceptors (Lipinski definition) is 5. The lowest BCUT2D eigenvalue weighted by Crippen LogP contribution is -2.51. The zero-order valence-corrected chi connectivity index (χ0v) is 17.0. The Hall–Kier alpha value is -2.41. The predicted molar refractivity (Wildman–Crippen MR) is 110 cm³/mol. The Morgan fingerprint density at radius 2 is 1.75 bits per heavy atom. The Labute approximate surface area is 166 Å². The average molecular weight is 383 g/mol. The Bertz CT molecular complexity index is 804. The lowest BCUT2D eigenvalue weighted by Gasteiger charge is -2.37. The molecular weight excluding hydrogens is 352 g/mol. The molecule has 28 heavy (non-hydrogen) atoms. The largest absolute Gasteiger partial charge is 0.366 e. The number of piperazine rings is 1. The molecule has 7 nitrogen and oxygen atoms in total. The summed E-state index contributed by atoms with van der Waals surface area (Å²) in [5.74, 6) is 1.14. The van der Waals surface area contributed by atoms with Crippen molar-refractivity contribution < 1.29 is 4.79 Å². The van der Waals surface area contributed by atoms with Gasteiger partial charge in [-0.2, -0.15) is 5.10 Å². The van der Waals surface area contributed by atoms with Gasteiger partial charge in [-0.3, -0.25) is 9.69 Å². The molecule has 1 amide bonds. The second kappa shape index (κ2) is 8.31. The third-order valence-corrected chi connectivity index (χ3v) is 5.88. The Morgan fingerprint density at radius 1 is 1.00 bits per heavy atom. The maximum atomic E-state index is 12.5. The standard InChI is InChI=1S/C21H30N6O/c1-17-21(18(2)27(23-17)19-8-4-5-9-22-19)26-14-12-24(13-15-26)16-20(28)25-10-6-3-7-11-25/h4-5,8-9H,3,6-7,10-16H2,1-2H3. The summed E-state index contributed by atoms with van der Waals surface area (Å²) in [6.45, 7) is 10.3. The van der Waals surface area contributed by atoms with Gasteiger partial charge in [0.15, 0.2) is 5.82 Å². The first-order chi connectivity index (χ1) is 13.6. The Balaban J connectivity index is 1.39.